The van der Waals surface area contributed by atoms with E-state index in [0.29, 0.717) is 5.92 Å². The van der Waals surface area contributed by atoms with Crippen LogP contribution in [0.5, 0.6) is 0 Å². The largest absolute Gasteiger partial charge is 0.393 e. The highest BCUT2D eigenvalue weighted by Crippen LogP contribution is 2.26. The van der Waals surface area contributed by atoms with Crippen LogP contribution in [0.15, 0.2) is 36.4 Å². The summed E-state index contributed by atoms with van der Waals surface area (Å²) in [6, 6.07) is 8.69. The molecule has 0 aliphatic heterocycles. The first-order chi connectivity index (χ1) is 8.25. The fraction of sp³-hybridized carbons (Fsp3) is 0.500. The van der Waals surface area contributed by atoms with Gasteiger partial charge in [-0.1, -0.05) is 48.4 Å². The van der Waals surface area contributed by atoms with Crippen molar-refractivity contribution in [3.05, 3.63) is 47.5 Å². The fourth-order valence-electron chi connectivity index (χ4n) is 2.58. The van der Waals surface area contributed by atoms with E-state index >= 15 is 0 Å². The van der Waals surface area contributed by atoms with Gasteiger partial charge in [0.2, 0.25) is 0 Å². The average molecular weight is 230 g/mol. The summed E-state index contributed by atoms with van der Waals surface area (Å²) in [6.07, 6.45) is 9.84. The van der Waals surface area contributed by atoms with Crippen molar-refractivity contribution in [3.8, 4) is 0 Å². The molecule has 1 aliphatic carbocycles. The lowest BCUT2D eigenvalue weighted by Gasteiger charge is -2.08. The number of hydrogen-bond donors (Lipinski definition) is 1. The van der Waals surface area contributed by atoms with Crippen LogP contribution >= 0.6 is 0 Å². The van der Waals surface area contributed by atoms with Gasteiger partial charge in [-0.25, -0.2) is 0 Å². The van der Waals surface area contributed by atoms with Gasteiger partial charge in [-0.2, -0.15) is 0 Å². The van der Waals surface area contributed by atoms with Crippen molar-refractivity contribution in [3.63, 3.8) is 0 Å². The molecule has 1 saturated carbocycles. The van der Waals surface area contributed by atoms with E-state index in [1.165, 1.54) is 17.5 Å². The van der Waals surface area contributed by atoms with Crippen LogP contribution in [0.3, 0.4) is 0 Å². The molecule has 0 spiro atoms. The molecule has 1 nitrogen and oxygen atoms in total. The zero-order valence-corrected chi connectivity index (χ0v) is 10.6. The normalized spacial score (nSPS) is 24.6. The van der Waals surface area contributed by atoms with Gasteiger partial charge in [0.1, 0.15) is 0 Å². The summed E-state index contributed by atoms with van der Waals surface area (Å²) in [7, 11) is 0. The number of aryl methyl sites for hydroxylation is 2. The second kappa shape index (κ2) is 6.02. The molecule has 1 heteroatoms. The van der Waals surface area contributed by atoms with Gasteiger partial charge in [0.05, 0.1) is 6.10 Å². The van der Waals surface area contributed by atoms with Crippen molar-refractivity contribution >= 4 is 0 Å². The van der Waals surface area contributed by atoms with Crippen molar-refractivity contribution in [2.45, 2.75) is 45.1 Å². The maximum absolute atomic E-state index is 9.69. The number of aliphatic hydroxyl groups excluding tert-OH is 1. The molecule has 0 bridgehead atoms. The van der Waals surface area contributed by atoms with Gasteiger partial charge in [-0.3, -0.25) is 0 Å². The lowest BCUT2D eigenvalue weighted by Crippen LogP contribution is -2.09. The van der Waals surface area contributed by atoms with Crippen LogP contribution in [-0.4, -0.2) is 11.2 Å². The number of allylic oxidation sites excluding steroid dienone is 1. The molecule has 0 aromatic heterocycles. The van der Waals surface area contributed by atoms with E-state index in [2.05, 4.69) is 43.3 Å². The van der Waals surface area contributed by atoms with Gasteiger partial charge in [-0.05, 0) is 38.2 Å². The third kappa shape index (κ3) is 3.71. The third-order valence-electron chi connectivity index (χ3n) is 3.60. The SMILES string of the molecule is Cc1cccc(CC/C=C/C2CCC[C@@H]2O)c1. The van der Waals surface area contributed by atoms with Crippen molar-refractivity contribution in [2.75, 3.05) is 0 Å². The Labute approximate surface area is 104 Å². The summed E-state index contributed by atoms with van der Waals surface area (Å²) in [6.45, 7) is 2.13. The standard InChI is InChI=1S/C16H22O/c1-13-6-4-8-14(12-13)7-2-3-9-15-10-5-11-16(15)17/h3-4,6,8-9,12,15-17H,2,5,7,10-11H2,1H3/b9-3+/t15?,16-/m0/s1. The van der Waals surface area contributed by atoms with Gasteiger partial charge in [0.15, 0.2) is 0 Å². The maximum atomic E-state index is 9.69. The summed E-state index contributed by atoms with van der Waals surface area (Å²) < 4.78 is 0. The molecule has 1 aromatic carbocycles. The Morgan fingerprint density at radius 2 is 2.24 bits per heavy atom. The highest BCUT2D eigenvalue weighted by Gasteiger charge is 2.21. The van der Waals surface area contributed by atoms with E-state index in [1.807, 2.05) is 0 Å². The molecule has 2 rings (SSSR count). The molecule has 1 unspecified atom stereocenters. The van der Waals surface area contributed by atoms with Crippen LogP contribution in [0.25, 0.3) is 0 Å². The van der Waals surface area contributed by atoms with E-state index in [4.69, 9.17) is 0 Å². The van der Waals surface area contributed by atoms with Gasteiger partial charge >= 0.3 is 0 Å². The maximum Gasteiger partial charge on any atom is 0.0602 e. The van der Waals surface area contributed by atoms with E-state index in [0.717, 1.165) is 25.7 Å². The average Bonchev–Trinajstić information content (AvgIpc) is 2.71. The minimum absolute atomic E-state index is 0.0924. The first-order valence-corrected chi connectivity index (χ1v) is 6.66. The van der Waals surface area contributed by atoms with Crippen molar-refractivity contribution in [1.29, 1.82) is 0 Å². The summed E-state index contributed by atoms with van der Waals surface area (Å²) in [5.74, 6) is 0.410. The molecule has 92 valence electrons. The quantitative estimate of drug-likeness (QED) is 0.783. The lowest BCUT2D eigenvalue weighted by molar-refractivity contribution is 0.153. The van der Waals surface area contributed by atoms with Crippen LogP contribution in [0.4, 0.5) is 0 Å². The van der Waals surface area contributed by atoms with Crippen LogP contribution in [0.2, 0.25) is 0 Å². The molecule has 0 saturated heterocycles. The smallest absolute Gasteiger partial charge is 0.0602 e. The molecular formula is C16H22O. The van der Waals surface area contributed by atoms with Crippen molar-refractivity contribution < 1.29 is 5.11 Å². The molecule has 1 fully saturated rings. The van der Waals surface area contributed by atoms with E-state index in [-0.39, 0.29) is 6.10 Å². The van der Waals surface area contributed by atoms with Crippen LogP contribution in [-0.2, 0) is 6.42 Å². The second-order valence-electron chi connectivity index (χ2n) is 5.12. The molecule has 1 N–H and O–H groups in total. The van der Waals surface area contributed by atoms with E-state index < -0.39 is 0 Å². The van der Waals surface area contributed by atoms with Gasteiger partial charge in [0.25, 0.3) is 0 Å². The predicted octanol–water partition coefficient (Wildman–Crippen LogP) is 3.64. The van der Waals surface area contributed by atoms with Crippen LogP contribution in [0.1, 0.15) is 36.8 Å². The molecule has 2 atom stereocenters. The molecular weight excluding hydrogens is 208 g/mol. The predicted molar refractivity (Wildman–Crippen MR) is 72.0 cm³/mol. The Kier molecular flexibility index (Phi) is 4.38. The van der Waals surface area contributed by atoms with Gasteiger partial charge in [0, 0.05) is 5.92 Å². The zero-order valence-electron chi connectivity index (χ0n) is 10.6. The summed E-state index contributed by atoms with van der Waals surface area (Å²) in [4.78, 5) is 0. The van der Waals surface area contributed by atoms with Crippen molar-refractivity contribution in [1.82, 2.24) is 0 Å². The highest BCUT2D eigenvalue weighted by molar-refractivity contribution is 5.22. The molecule has 0 heterocycles. The second-order valence-corrected chi connectivity index (χ2v) is 5.12. The fourth-order valence-corrected chi connectivity index (χ4v) is 2.58. The Bertz CT molecular complexity index is 381. The van der Waals surface area contributed by atoms with Crippen LogP contribution < -0.4 is 0 Å². The first-order valence-electron chi connectivity index (χ1n) is 6.66. The summed E-state index contributed by atoms with van der Waals surface area (Å²) >= 11 is 0. The highest BCUT2D eigenvalue weighted by atomic mass is 16.3. The van der Waals surface area contributed by atoms with Gasteiger partial charge in [-0.15, -0.1) is 0 Å². The lowest BCUT2D eigenvalue weighted by atomic mass is 10.0. The minimum Gasteiger partial charge on any atom is -0.393 e. The Morgan fingerprint density at radius 3 is 2.94 bits per heavy atom. The first kappa shape index (κ1) is 12.4. The topological polar surface area (TPSA) is 20.2 Å². The van der Waals surface area contributed by atoms with Crippen molar-refractivity contribution in [2.24, 2.45) is 5.92 Å². The Balaban J connectivity index is 1.77. The summed E-state index contributed by atoms with van der Waals surface area (Å²) in [5, 5.41) is 9.69. The summed E-state index contributed by atoms with van der Waals surface area (Å²) in [5.41, 5.74) is 2.74. The molecule has 0 radical (unpaired) electrons. The molecule has 17 heavy (non-hydrogen) atoms. The Hall–Kier alpha value is -1.08. The Morgan fingerprint density at radius 1 is 1.35 bits per heavy atom. The molecule has 1 aliphatic rings. The molecule has 0 amide bonds. The third-order valence-corrected chi connectivity index (χ3v) is 3.60. The zero-order chi connectivity index (χ0) is 12.1. The molecule has 1 aromatic rings. The number of hydrogen-bond acceptors (Lipinski definition) is 1. The minimum atomic E-state index is -0.0924. The van der Waals surface area contributed by atoms with E-state index in [9.17, 15) is 5.11 Å². The van der Waals surface area contributed by atoms with E-state index in [1.54, 1.807) is 0 Å². The number of rotatable bonds is 4. The monoisotopic (exact) mass is 230 g/mol. The van der Waals surface area contributed by atoms with Gasteiger partial charge < -0.3 is 5.11 Å². The van der Waals surface area contributed by atoms with Crippen LogP contribution in [0, 0.1) is 12.8 Å². The number of aliphatic hydroxyl groups is 1. The number of benzene rings is 1.